The quantitative estimate of drug-likeness (QED) is 0.418. The normalized spacial score (nSPS) is 11.6. The molecule has 2 heterocycles. The van der Waals surface area contributed by atoms with E-state index in [0.717, 1.165) is 24.1 Å². The molecule has 0 bridgehead atoms. The van der Waals surface area contributed by atoms with Gasteiger partial charge in [-0.2, -0.15) is 8.78 Å². The van der Waals surface area contributed by atoms with Crippen LogP contribution in [0.3, 0.4) is 0 Å². The van der Waals surface area contributed by atoms with Crippen LogP contribution in [0, 0.1) is 0 Å². The standard InChI is InChI=1S/C22H26F2N4O2/c1-3-5-7-19-25-21(22(23,24)13-4-2)26-28(19)15-17-9-11-18(12-10-17)27-14-6-8-20(27)30-16-29/h6,8-12,14,16H,3-5,7,13,15H2,1-2H3. The van der Waals surface area contributed by atoms with E-state index >= 15 is 0 Å². The first-order valence-corrected chi connectivity index (χ1v) is 10.2. The third-order valence-corrected chi connectivity index (χ3v) is 4.82. The number of carbonyl (C=O) groups excluding carboxylic acids is 1. The molecule has 0 unspecified atom stereocenters. The second-order valence-corrected chi connectivity index (χ2v) is 7.16. The molecule has 0 amide bonds. The van der Waals surface area contributed by atoms with Gasteiger partial charge in [-0.05, 0) is 36.6 Å². The summed E-state index contributed by atoms with van der Waals surface area (Å²) >= 11 is 0. The number of unbranched alkanes of at least 4 members (excludes halogenated alkanes) is 1. The van der Waals surface area contributed by atoms with Gasteiger partial charge in [0.05, 0.1) is 6.54 Å². The predicted octanol–water partition coefficient (Wildman–Crippen LogP) is 4.89. The molecule has 0 atom stereocenters. The van der Waals surface area contributed by atoms with Crippen molar-refractivity contribution in [2.24, 2.45) is 0 Å². The second-order valence-electron chi connectivity index (χ2n) is 7.16. The molecule has 0 spiro atoms. The van der Waals surface area contributed by atoms with E-state index in [-0.39, 0.29) is 6.42 Å². The van der Waals surface area contributed by atoms with Crippen molar-refractivity contribution >= 4 is 6.47 Å². The molecule has 0 aliphatic rings. The minimum atomic E-state index is -3.02. The number of benzene rings is 1. The Morgan fingerprint density at radius 1 is 1.13 bits per heavy atom. The number of hydrogen-bond acceptors (Lipinski definition) is 4. The number of hydrogen-bond donors (Lipinski definition) is 0. The summed E-state index contributed by atoms with van der Waals surface area (Å²) in [7, 11) is 0. The van der Waals surface area contributed by atoms with Gasteiger partial charge in [0.2, 0.25) is 11.7 Å². The van der Waals surface area contributed by atoms with E-state index in [1.807, 2.05) is 24.3 Å². The lowest BCUT2D eigenvalue weighted by molar-refractivity contribution is -0.121. The Labute approximate surface area is 174 Å². The van der Waals surface area contributed by atoms with Gasteiger partial charge in [0, 0.05) is 30.8 Å². The maximum atomic E-state index is 14.3. The number of ether oxygens (including phenoxy) is 1. The number of aryl methyl sites for hydroxylation is 1. The largest absolute Gasteiger partial charge is 0.411 e. The molecule has 0 radical (unpaired) electrons. The Balaban J connectivity index is 1.83. The summed E-state index contributed by atoms with van der Waals surface area (Å²) in [6, 6.07) is 11.0. The number of halogens is 2. The average Bonchev–Trinajstić information content (AvgIpc) is 3.35. The first kappa shape index (κ1) is 21.7. The van der Waals surface area contributed by atoms with Gasteiger partial charge in [-0.1, -0.05) is 32.4 Å². The van der Waals surface area contributed by atoms with Crippen molar-refractivity contribution in [3.8, 4) is 11.6 Å². The van der Waals surface area contributed by atoms with Gasteiger partial charge in [0.25, 0.3) is 6.47 Å². The van der Waals surface area contributed by atoms with Gasteiger partial charge in [-0.15, -0.1) is 5.10 Å². The highest BCUT2D eigenvalue weighted by atomic mass is 19.3. The predicted molar refractivity (Wildman–Crippen MR) is 109 cm³/mol. The van der Waals surface area contributed by atoms with Crippen molar-refractivity contribution in [3.05, 3.63) is 59.8 Å². The van der Waals surface area contributed by atoms with E-state index in [0.29, 0.717) is 37.6 Å². The maximum absolute atomic E-state index is 14.3. The molecule has 0 N–H and O–H groups in total. The molecule has 0 fully saturated rings. The lowest BCUT2D eigenvalue weighted by atomic mass is 10.2. The second kappa shape index (κ2) is 9.65. The summed E-state index contributed by atoms with van der Waals surface area (Å²) < 4.78 is 37.0. The van der Waals surface area contributed by atoms with Crippen LogP contribution >= 0.6 is 0 Å². The fourth-order valence-corrected chi connectivity index (χ4v) is 3.26. The Kier molecular flexibility index (Phi) is 6.97. The number of rotatable bonds is 11. The number of aromatic nitrogens is 4. The highest BCUT2D eigenvalue weighted by Gasteiger charge is 2.36. The molecular formula is C22H26F2N4O2. The summed E-state index contributed by atoms with van der Waals surface area (Å²) in [5, 5.41) is 4.15. The molecule has 160 valence electrons. The van der Waals surface area contributed by atoms with Gasteiger partial charge >= 0.3 is 5.92 Å². The lowest BCUT2D eigenvalue weighted by Gasteiger charge is -2.10. The fraction of sp³-hybridized carbons (Fsp3) is 0.409. The van der Waals surface area contributed by atoms with E-state index in [4.69, 9.17) is 4.74 Å². The topological polar surface area (TPSA) is 61.9 Å². The minimum absolute atomic E-state index is 0.263. The van der Waals surface area contributed by atoms with E-state index in [1.165, 1.54) is 0 Å². The number of nitrogens with zero attached hydrogens (tertiary/aromatic N) is 4. The Morgan fingerprint density at radius 2 is 1.90 bits per heavy atom. The van der Waals surface area contributed by atoms with Gasteiger partial charge in [-0.25, -0.2) is 9.67 Å². The third kappa shape index (κ3) is 4.93. The van der Waals surface area contributed by atoms with E-state index in [2.05, 4.69) is 17.0 Å². The molecule has 30 heavy (non-hydrogen) atoms. The molecule has 6 nitrogen and oxygen atoms in total. The van der Waals surface area contributed by atoms with Crippen LogP contribution < -0.4 is 4.74 Å². The van der Waals surface area contributed by atoms with Gasteiger partial charge in [0.15, 0.2) is 0 Å². The van der Waals surface area contributed by atoms with E-state index in [9.17, 15) is 13.6 Å². The molecular weight excluding hydrogens is 390 g/mol. The molecule has 0 saturated carbocycles. The first-order valence-electron chi connectivity index (χ1n) is 10.2. The Hall–Kier alpha value is -3.03. The zero-order chi connectivity index (χ0) is 21.6. The maximum Gasteiger partial charge on any atom is 0.308 e. The molecule has 1 aromatic carbocycles. The summed E-state index contributed by atoms with van der Waals surface area (Å²) in [5.41, 5.74) is 1.73. The van der Waals surface area contributed by atoms with Crippen LogP contribution in [-0.4, -0.2) is 25.8 Å². The zero-order valence-electron chi connectivity index (χ0n) is 17.2. The van der Waals surface area contributed by atoms with Crippen molar-refractivity contribution in [1.29, 1.82) is 0 Å². The first-order chi connectivity index (χ1) is 14.5. The molecule has 3 rings (SSSR count). The van der Waals surface area contributed by atoms with Crippen LogP contribution in [0.2, 0.25) is 0 Å². The zero-order valence-corrected chi connectivity index (χ0v) is 17.2. The summed E-state index contributed by atoms with van der Waals surface area (Å²) in [5.74, 6) is -2.42. The number of alkyl halides is 2. The molecule has 0 aliphatic heterocycles. The van der Waals surface area contributed by atoms with E-state index < -0.39 is 11.7 Å². The highest BCUT2D eigenvalue weighted by molar-refractivity contribution is 5.46. The summed E-state index contributed by atoms with van der Waals surface area (Å²) in [6.45, 7) is 4.52. The van der Waals surface area contributed by atoms with Crippen molar-refractivity contribution in [2.45, 2.75) is 58.4 Å². The van der Waals surface area contributed by atoms with Crippen molar-refractivity contribution in [2.75, 3.05) is 0 Å². The third-order valence-electron chi connectivity index (χ3n) is 4.82. The molecule has 2 aromatic heterocycles. The summed E-state index contributed by atoms with van der Waals surface area (Å²) in [6.07, 6.45) is 4.31. The smallest absolute Gasteiger partial charge is 0.308 e. The molecule has 8 heteroatoms. The average molecular weight is 416 g/mol. The van der Waals surface area contributed by atoms with Crippen LogP contribution in [0.4, 0.5) is 8.78 Å². The van der Waals surface area contributed by atoms with Crippen LogP contribution in [-0.2, 0) is 23.7 Å². The van der Waals surface area contributed by atoms with Crippen molar-refractivity contribution < 1.29 is 18.3 Å². The Bertz CT molecular complexity index is 964. The monoisotopic (exact) mass is 416 g/mol. The minimum Gasteiger partial charge on any atom is -0.411 e. The number of carbonyl (C=O) groups is 1. The van der Waals surface area contributed by atoms with Crippen LogP contribution in [0.1, 0.15) is 56.7 Å². The lowest BCUT2D eigenvalue weighted by Crippen LogP contribution is -2.15. The fourth-order valence-electron chi connectivity index (χ4n) is 3.26. The molecule has 3 aromatic rings. The highest BCUT2D eigenvalue weighted by Crippen LogP contribution is 2.31. The van der Waals surface area contributed by atoms with Crippen LogP contribution in [0.5, 0.6) is 5.88 Å². The van der Waals surface area contributed by atoms with Gasteiger partial charge in [0.1, 0.15) is 5.82 Å². The Morgan fingerprint density at radius 3 is 2.57 bits per heavy atom. The van der Waals surface area contributed by atoms with Crippen LogP contribution in [0.25, 0.3) is 5.69 Å². The van der Waals surface area contributed by atoms with Gasteiger partial charge < -0.3 is 4.74 Å². The van der Waals surface area contributed by atoms with Crippen LogP contribution in [0.15, 0.2) is 42.6 Å². The van der Waals surface area contributed by atoms with Crippen molar-refractivity contribution in [1.82, 2.24) is 19.3 Å². The van der Waals surface area contributed by atoms with Crippen molar-refractivity contribution in [3.63, 3.8) is 0 Å². The van der Waals surface area contributed by atoms with E-state index in [1.54, 1.807) is 34.5 Å². The molecule has 0 aliphatic carbocycles. The SMILES string of the molecule is CCCCc1nc(C(F)(F)CCC)nn1Cc1ccc(-n2cccc2OC=O)cc1. The molecule has 0 saturated heterocycles. The summed E-state index contributed by atoms with van der Waals surface area (Å²) in [4.78, 5) is 14.8. The van der Waals surface area contributed by atoms with Gasteiger partial charge in [-0.3, -0.25) is 9.36 Å².